The summed E-state index contributed by atoms with van der Waals surface area (Å²) in [6, 6.07) is 13.9. The smallest absolute Gasteiger partial charge is 0.277 e. The number of amides is 2. The van der Waals surface area contributed by atoms with E-state index in [1.54, 1.807) is 48.5 Å². The first-order valence-corrected chi connectivity index (χ1v) is 9.19. The Labute approximate surface area is 163 Å². The van der Waals surface area contributed by atoms with Gasteiger partial charge in [0.2, 0.25) is 0 Å². The molecule has 0 radical (unpaired) electrons. The van der Waals surface area contributed by atoms with Gasteiger partial charge in [-0.25, -0.2) is 4.90 Å². The Hall–Kier alpha value is -2.79. The zero-order valence-corrected chi connectivity index (χ0v) is 16.0. The molecule has 0 aliphatic carbocycles. The highest BCUT2D eigenvalue weighted by atomic mass is 35.5. The molecule has 140 valence electrons. The second-order valence-electron chi connectivity index (χ2n) is 5.91. The molecule has 0 saturated heterocycles. The van der Waals surface area contributed by atoms with Crippen LogP contribution in [-0.4, -0.2) is 25.0 Å². The highest BCUT2D eigenvalue weighted by Crippen LogP contribution is 2.38. The predicted octanol–water partition coefficient (Wildman–Crippen LogP) is 4.40. The van der Waals surface area contributed by atoms with Crippen LogP contribution in [0.15, 0.2) is 53.6 Å². The second-order valence-corrected chi connectivity index (χ2v) is 6.29. The van der Waals surface area contributed by atoms with Crippen molar-refractivity contribution in [2.45, 2.75) is 20.3 Å². The first kappa shape index (κ1) is 19.0. The van der Waals surface area contributed by atoms with Crippen LogP contribution in [0, 0.1) is 0 Å². The molecule has 1 aliphatic rings. The van der Waals surface area contributed by atoms with Crippen molar-refractivity contribution < 1.29 is 19.1 Å². The largest absolute Gasteiger partial charge is 0.494 e. The van der Waals surface area contributed by atoms with Crippen LogP contribution in [0.4, 0.5) is 5.69 Å². The molecule has 0 aromatic heterocycles. The molecule has 0 fully saturated rings. The standard InChI is InChI=1S/C21H20ClNO4/c1-3-13-27-17-8-6-5-7-16(17)23-20(24)18(19(22)21(23)25)14-9-11-15(12-10-14)26-4-2/h5-12H,3-4,13H2,1-2H3. The lowest BCUT2D eigenvalue weighted by atomic mass is 10.1. The number of ether oxygens (including phenoxy) is 2. The van der Waals surface area contributed by atoms with Gasteiger partial charge in [0.15, 0.2) is 0 Å². The molecule has 0 spiro atoms. The van der Waals surface area contributed by atoms with Gasteiger partial charge in [0, 0.05) is 0 Å². The highest BCUT2D eigenvalue weighted by molar-refractivity contribution is 6.60. The number of rotatable bonds is 7. The number of benzene rings is 2. The molecule has 6 heteroatoms. The van der Waals surface area contributed by atoms with E-state index >= 15 is 0 Å². The quantitative estimate of drug-likeness (QED) is 0.663. The van der Waals surface area contributed by atoms with Gasteiger partial charge in [0.25, 0.3) is 11.8 Å². The van der Waals surface area contributed by atoms with Crippen LogP contribution in [0.3, 0.4) is 0 Å². The SMILES string of the molecule is CCCOc1ccccc1N1C(=O)C(Cl)=C(c2ccc(OCC)cc2)C1=O. The van der Waals surface area contributed by atoms with E-state index in [1.165, 1.54) is 0 Å². The minimum Gasteiger partial charge on any atom is -0.494 e. The Bertz CT molecular complexity index is 889. The number of halogens is 1. The molecule has 2 aromatic carbocycles. The maximum Gasteiger partial charge on any atom is 0.277 e. The molecule has 2 amide bonds. The molecule has 0 atom stereocenters. The van der Waals surface area contributed by atoms with Gasteiger partial charge in [-0.3, -0.25) is 9.59 Å². The number of carbonyl (C=O) groups excluding carboxylic acids is 2. The van der Waals surface area contributed by atoms with Gasteiger partial charge in [-0.1, -0.05) is 42.8 Å². The Kier molecular flexibility index (Phi) is 5.81. The number of imide groups is 1. The van der Waals surface area contributed by atoms with Crippen molar-refractivity contribution in [2.75, 3.05) is 18.1 Å². The predicted molar refractivity (Wildman–Crippen MR) is 105 cm³/mol. The lowest BCUT2D eigenvalue weighted by molar-refractivity contribution is -0.119. The zero-order valence-electron chi connectivity index (χ0n) is 15.2. The fourth-order valence-electron chi connectivity index (χ4n) is 2.83. The number of hydrogen-bond donors (Lipinski definition) is 0. The van der Waals surface area contributed by atoms with Gasteiger partial charge in [0.05, 0.1) is 24.5 Å². The average Bonchev–Trinajstić information content (AvgIpc) is 2.90. The summed E-state index contributed by atoms with van der Waals surface area (Å²) in [6.07, 6.45) is 0.812. The molecule has 5 nitrogen and oxygen atoms in total. The van der Waals surface area contributed by atoms with E-state index in [4.69, 9.17) is 21.1 Å². The third-order valence-electron chi connectivity index (χ3n) is 4.05. The van der Waals surface area contributed by atoms with Crippen LogP contribution in [0.2, 0.25) is 0 Å². The molecule has 0 unspecified atom stereocenters. The van der Waals surface area contributed by atoms with E-state index in [1.807, 2.05) is 13.8 Å². The van der Waals surface area contributed by atoms with Crippen LogP contribution in [-0.2, 0) is 9.59 Å². The van der Waals surface area contributed by atoms with Gasteiger partial charge in [-0.15, -0.1) is 0 Å². The van der Waals surface area contributed by atoms with Gasteiger partial charge in [-0.05, 0) is 43.2 Å². The Morgan fingerprint density at radius 1 is 0.926 bits per heavy atom. The minimum absolute atomic E-state index is 0.102. The highest BCUT2D eigenvalue weighted by Gasteiger charge is 2.40. The van der Waals surface area contributed by atoms with Crippen molar-refractivity contribution in [3.63, 3.8) is 0 Å². The maximum absolute atomic E-state index is 13.0. The van der Waals surface area contributed by atoms with Crippen molar-refractivity contribution in [2.24, 2.45) is 0 Å². The first-order valence-electron chi connectivity index (χ1n) is 8.82. The second kappa shape index (κ2) is 8.27. The fourth-order valence-corrected chi connectivity index (χ4v) is 3.11. The van der Waals surface area contributed by atoms with Crippen LogP contribution in [0.5, 0.6) is 11.5 Å². The lowest BCUT2D eigenvalue weighted by Gasteiger charge is -2.19. The summed E-state index contributed by atoms with van der Waals surface area (Å²) in [6.45, 7) is 4.91. The summed E-state index contributed by atoms with van der Waals surface area (Å²) in [4.78, 5) is 26.8. The van der Waals surface area contributed by atoms with E-state index < -0.39 is 11.8 Å². The van der Waals surface area contributed by atoms with E-state index in [2.05, 4.69) is 0 Å². The van der Waals surface area contributed by atoms with Crippen LogP contribution in [0.1, 0.15) is 25.8 Å². The molecule has 0 saturated carbocycles. The average molecular weight is 386 g/mol. The minimum atomic E-state index is -0.557. The Morgan fingerprint density at radius 3 is 2.30 bits per heavy atom. The van der Waals surface area contributed by atoms with Crippen molar-refractivity contribution in [1.29, 1.82) is 0 Å². The molecule has 1 aliphatic heterocycles. The molecule has 27 heavy (non-hydrogen) atoms. The number of nitrogens with zero attached hydrogens (tertiary/aromatic N) is 1. The molecular formula is C21H20ClNO4. The zero-order chi connectivity index (χ0) is 19.4. The Balaban J connectivity index is 1.95. The maximum atomic E-state index is 13.0. The molecule has 1 heterocycles. The monoisotopic (exact) mass is 385 g/mol. The molecule has 0 bridgehead atoms. The van der Waals surface area contributed by atoms with E-state index in [9.17, 15) is 9.59 Å². The van der Waals surface area contributed by atoms with E-state index in [-0.39, 0.29) is 10.6 Å². The van der Waals surface area contributed by atoms with Gasteiger partial charge < -0.3 is 9.47 Å². The number of para-hydroxylation sites is 2. The number of anilines is 1. The van der Waals surface area contributed by atoms with Gasteiger partial charge >= 0.3 is 0 Å². The summed E-state index contributed by atoms with van der Waals surface area (Å²) in [5.74, 6) is 0.128. The van der Waals surface area contributed by atoms with Gasteiger partial charge in [-0.2, -0.15) is 0 Å². The number of hydrogen-bond acceptors (Lipinski definition) is 4. The number of carbonyl (C=O) groups is 2. The summed E-state index contributed by atoms with van der Waals surface area (Å²) in [5, 5.41) is -0.102. The fraction of sp³-hybridized carbons (Fsp3) is 0.238. The van der Waals surface area contributed by atoms with Crippen molar-refractivity contribution in [3.8, 4) is 11.5 Å². The van der Waals surface area contributed by atoms with Crippen LogP contribution < -0.4 is 14.4 Å². The third kappa shape index (κ3) is 3.69. The summed E-state index contributed by atoms with van der Waals surface area (Å²) >= 11 is 6.26. The van der Waals surface area contributed by atoms with Crippen molar-refractivity contribution in [1.82, 2.24) is 0 Å². The summed E-state index contributed by atoms with van der Waals surface area (Å²) in [5.41, 5.74) is 1.13. The molecule has 0 N–H and O–H groups in total. The van der Waals surface area contributed by atoms with E-state index in [0.29, 0.717) is 36.0 Å². The third-order valence-corrected chi connectivity index (χ3v) is 4.40. The van der Waals surface area contributed by atoms with Gasteiger partial charge in [0.1, 0.15) is 16.5 Å². The molecular weight excluding hydrogens is 366 g/mol. The molecule has 2 aromatic rings. The summed E-state index contributed by atoms with van der Waals surface area (Å²) < 4.78 is 11.1. The van der Waals surface area contributed by atoms with Crippen LogP contribution in [0.25, 0.3) is 5.57 Å². The lowest BCUT2D eigenvalue weighted by Crippen LogP contribution is -2.31. The van der Waals surface area contributed by atoms with Crippen molar-refractivity contribution in [3.05, 3.63) is 59.1 Å². The molecule has 3 rings (SSSR count). The first-order chi connectivity index (χ1) is 13.1. The Morgan fingerprint density at radius 2 is 1.63 bits per heavy atom. The summed E-state index contributed by atoms with van der Waals surface area (Å²) in [7, 11) is 0. The normalized spacial score (nSPS) is 14.1. The van der Waals surface area contributed by atoms with E-state index in [0.717, 1.165) is 11.3 Å². The van der Waals surface area contributed by atoms with Crippen LogP contribution >= 0.6 is 11.6 Å². The topological polar surface area (TPSA) is 55.8 Å². The van der Waals surface area contributed by atoms with Crippen molar-refractivity contribution >= 4 is 34.7 Å².